The largest absolute Gasteiger partial charge is 0.497 e. The van der Waals surface area contributed by atoms with Gasteiger partial charge in [-0.15, -0.1) is 11.3 Å². The molecule has 0 amide bonds. The Morgan fingerprint density at radius 3 is 2.62 bits per heavy atom. The molecule has 0 saturated heterocycles. The highest BCUT2D eigenvalue weighted by Gasteiger charge is 2.08. The lowest BCUT2D eigenvalue weighted by atomic mass is 10.1. The van der Waals surface area contributed by atoms with Gasteiger partial charge in [-0.3, -0.25) is 0 Å². The number of carbonyl (C=O) groups is 1. The molecule has 3 aromatic rings. The summed E-state index contributed by atoms with van der Waals surface area (Å²) in [4.78, 5) is 16.1. The highest BCUT2D eigenvalue weighted by atomic mass is 32.1. The molecule has 0 radical (unpaired) electrons. The van der Waals surface area contributed by atoms with E-state index in [9.17, 15) is 4.79 Å². The van der Waals surface area contributed by atoms with Gasteiger partial charge in [0.15, 0.2) is 0 Å². The summed E-state index contributed by atoms with van der Waals surface area (Å²) in [6.45, 7) is 0. The van der Waals surface area contributed by atoms with Gasteiger partial charge in [-0.1, -0.05) is 24.3 Å². The topological polar surface area (TPSA) is 48.4 Å². The van der Waals surface area contributed by atoms with Gasteiger partial charge in [-0.2, -0.15) is 0 Å². The lowest BCUT2D eigenvalue weighted by Crippen LogP contribution is -2.00. The van der Waals surface area contributed by atoms with Crippen LogP contribution in [0.4, 0.5) is 0 Å². The van der Waals surface area contributed by atoms with E-state index in [-0.39, 0.29) is 5.97 Å². The van der Waals surface area contributed by atoms with Crippen molar-refractivity contribution in [2.24, 2.45) is 0 Å². The number of aromatic nitrogens is 1. The molecule has 0 saturated carbocycles. The number of esters is 1. The minimum Gasteiger partial charge on any atom is -0.497 e. The molecule has 1 heterocycles. The maximum atomic E-state index is 11.5. The van der Waals surface area contributed by atoms with E-state index in [1.807, 2.05) is 41.8 Å². The summed E-state index contributed by atoms with van der Waals surface area (Å²) in [6, 6.07) is 15.3. The average Bonchev–Trinajstić information content (AvgIpc) is 3.10. The fourth-order valence-electron chi connectivity index (χ4n) is 2.36. The van der Waals surface area contributed by atoms with Crippen molar-refractivity contribution in [1.82, 2.24) is 4.98 Å². The third kappa shape index (κ3) is 3.63. The predicted molar refractivity (Wildman–Crippen MR) is 94.7 cm³/mol. The maximum absolute atomic E-state index is 11.5. The molecule has 0 aliphatic carbocycles. The molecule has 0 fully saturated rings. The second kappa shape index (κ2) is 7.27. The lowest BCUT2D eigenvalue weighted by Gasteiger charge is -2.02. The third-order valence-corrected chi connectivity index (χ3v) is 4.50. The summed E-state index contributed by atoms with van der Waals surface area (Å²) in [6.07, 6.45) is 0.732. The Bertz CT molecular complexity index is 840. The predicted octanol–water partition coefficient (Wildman–Crippen LogP) is 4.20. The average molecular weight is 339 g/mol. The SMILES string of the molecule is COC(=O)c1ccc(Cc2nc(-c3cccc(OC)c3)cs2)cc1. The number of carbonyl (C=O) groups excluding carboxylic acids is 1. The summed E-state index contributed by atoms with van der Waals surface area (Å²) in [5, 5.41) is 3.08. The van der Waals surface area contributed by atoms with E-state index in [0.29, 0.717) is 5.56 Å². The van der Waals surface area contributed by atoms with Crippen molar-refractivity contribution in [3.63, 3.8) is 0 Å². The fourth-order valence-corrected chi connectivity index (χ4v) is 3.20. The van der Waals surface area contributed by atoms with Crippen LogP contribution in [0.2, 0.25) is 0 Å². The van der Waals surface area contributed by atoms with Crippen LogP contribution in [0.5, 0.6) is 5.75 Å². The Balaban J connectivity index is 1.75. The summed E-state index contributed by atoms with van der Waals surface area (Å²) in [7, 11) is 3.04. The first-order valence-corrected chi connectivity index (χ1v) is 8.33. The molecule has 3 rings (SSSR count). The summed E-state index contributed by atoms with van der Waals surface area (Å²) >= 11 is 1.62. The first-order valence-electron chi connectivity index (χ1n) is 7.45. The van der Waals surface area contributed by atoms with Gasteiger partial charge >= 0.3 is 5.97 Å². The van der Waals surface area contributed by atoms with Gasteiger partial charge in [-0.05, 0) is 29.8 Å². The Kier molecular flexibility index (Phi) is 4.91. The maximum Gasteiger partial charge on any atom is 0.337 e. The smallest absolute Gasteiger partial charge is 0.337 e. The zero-order chi connectivity index (χ0) is 16.9. The molecule has 0 N–H and O–H groups in total. The summed E-state index contributed by atoms with van der Waals surface area (Å²) in [5.74, 6) is 0.497. The zero-order valence-electron chi connectivity index (χ0n) is 13.5. The molecule has 122 valence electrons. The second-order valence-electron chi connectivity index (χ2n) is 5.22. The van der Waals surface area contributed by atoms with E-state index in [0.717, 1.165) is 34.0 Å². The Morgan fingerprint density at radius 2 is 1.92 bits per heavy atom. The van der Waals surface area contributed by atoms with E-state index in [1.165, 1.54) is 7.11 Å². The normalized spacial score (nSPS) is 10.4. The van der Waals surface area contributed by atoms with Gasteiger partial charge in [0.1, 0.15) is 5.75 Å². The fraction of sp³-hybridized carbons (Fsp3) is 0.158. The van der Waals surface area contributed by atoms with Crippen LogP contribution in [0.1, 0.15) is 20.9 Å². The van der Waals surface area contributed by atoms with Crippen LogP contribution in [0.15, 0.2) is 53.9 Å². The van der Waals surface area contributed by atoms with Gasteiger partial charge in [0.05, 0.1) is 30.5 Å². The molecule has 0 atom stereocenters. The molecule has 0 bridgehead atoms. The van der Waals surface area contributed by atoms with E-state index < -0.39 is 0 Å². The number of nitrogens with zero attached hydrogens (tertiary/aromatic N) is 1. The standard InChI is InChI=1S/C19H17NO3S/c1-22-16-5-3-4-15(11-16)17-12-24-18(20-17)10-13-6-8-14(9-7-13)19(21)23-2/h3-9,11-12H,10H2,1-2H3. The van der Waals surface area contributed by atoms with Gasteiger partial charge in [0, 0.05) is 17.4 Å². The van der Waals surface area contributed by atoms with Gasteiger partial charge < -0.3 is 9.47 Å². The molecule has 5 heteroatoms. The zero-order valence-corrected chi connectivity index (χ0v) is 14.3. The molecule has 4 nitrogen and oxygen atoms in total. The van der Waals surface area contributed by atoms with Gasteiger partial charge in [0.2, 0.25) is 0 Å². The Labute approximate surface area is 144 Å². The molecule has 0 aliphatic rings. The molecule has 0 unspecified atom stereocenters. The number of thiazole rings is 1. The molecular formula is C19H17NO3S. The van der Waals surface area contributed by atoms with Crippen molar-refractivity contribution in [3.8, 4) is 17.0 Å². The molecule has 24 heavy (non-hydrogen) atoms. The molecule has 1 aromatic heterocycles. The van der Waals surface area contributed by atoms with E-state index in [2.05, 4.69) is 0 Å². The Hall–Kier alpha value is -2.66. The number of hydrogen-bond acceptors (Lipinski definition) is 5. The highest BCUT2D eigenvalue weighted by molar-refractivity contribution is 7.10. The first-order chi connectivity index (χ1) is 11.7. The van der Waals surface area contributed by atoms with Crippen molar-refractivity contribution in [2.45, 2.75) is 6.42 Å². The minimum absolute atomic E-state index is 0.323. The van der Waals surface area contributed by atoms with Crippen LogP contribution in [0.25, 0.3) is 11.3 Å². The number of hydrogen-bond donors (Lipinski definition) is 0. The summed E-state index contributed by atoms with van der Waals surface area (Å²) in [5.41, 5.74) is 3.64. The van der Waals surface area contributed by atoms with Crippen molar-refractivity contribution < 1.29 is 14.3 Å². The molecular weight excluding hydrogens is 322 g/mol. The van der Waals surface area contributed by atoms with Crippen molar-refractivity contribution in [1.29, 1.82) is 0 Å². The van der Waals surface area contributed by atoms with E-state index in [4.69, 9.17) is 14.5 Å². The van der Waals surface area contributed by atoms with Crippen LogP contribution < -0.4 is 4.74 Å². The first kappa shape index (κ1) is 16.2. The highest BCUT2D eigenvalue weighted by Crippen LogP contribution is 2.26. The lowest BCUT2D eigenvalue weighted by molar-refractivity contribution is 0.0600. The van der Waals surface area contributed by atoms with Crippen molar-refractivity contribution in [2.75, 3.05) is 14.2 Å². The number of methoxy groups -OCH3 is 2. The number of ether oxygens (including phenoxy) is 2. The van der Waals surface area contributed by atoms with Crippen LogP contribution in [-0.4, -0.2) is 25.2 Å². The number of benzene rings is 2. The van der Waals surface area contributed by atoms with Gasteiger partial charge in [0.25, 0.3) is 0 Å². The van der Waals surface area contributed by atoms with Crippen molar-refractivity contribution in [3.05, 3.63) is 70.0 Å². The van der Waals surface area contributed by atoms with E-state index >= 15 is 0 Å². The van der Waals surface area contributed by atoms with Crippen LogP contribution >= 0.6 is 11.3 Å². The quantitative estimate of drug-likeness (QED) is 0.654. The second-order valence-corrected chi connectivity index (χ2v) is 6.17. The van der Waals surface area contributed by atoms with Crippen molar-refractivity contribution >= 4 is 17.3 Å². The molecule has 0 spiro atoms. The Morgan fingerprint density at radius 1 is 1.12 bits per heavy atom. The molecule has 0 aliphatic heterocycles. The third-order valence-electron chi connectivity index (χ3n) is 3.65. The van der Waals surface area contributed by atoms with Crippen LogP contribution in [0, 0.1) is 0 Å². The van der Waals surface area contributed by atoms with Gasteiger partial charge in [-0.25, -0.2) is 9.78 Å². The monoisotopic (exact) mass is 339 g/mol. The number of rotatable bonds is 5. The van der Waals surface area contributed by atoms with E-state index in [1.54, 1.807) is 30.6 Å². The molecule has 2 aromatic carbocycles. The summed E-state index contributed by atoms with van der Waals surface area (Å²) < 4.78 is 9.96. The minimum atomic E-state index is -0.323. The van der Waals surface area contributed by atoms with Crippen LogP contribution in [0.3, 0.4) is 0 Å². The van der Waals surface area contributed by atoms with Crippen LogP contribution in [-0.2, 0) is 11.2 Å².